The molecule has 2 nitrogen and oxygen atoms in total. The maximum Gasteiger partial charge on any atom is 0.161 e. The highest BCUT2D eigenvalue weighted by Crippen LogP contribution is 2.22. The number of anilines is 1. The molecule has 0 amide bonds. The van der Waals surface area contributed by atoms with Crippen LogP contribution in [0.4, 0.5) is 10.1 Å². The van der Waals surface area contributed by atoms with E-state index in [2.05, 4.69) is 17.2 Å². The van der Waals surface area contributed by atoms with Gasteiger partial charge in [-0.2, -0.15) is 0 Å². The van der Waals surface area contributed by atoms with Crippen molar-refractivity contribution in [3.8, 4) is 0 Å². The van der Waals surface area contributed by atoms with Gasteiger partial charge in [0.1, 0.15) is 5.82 Å². The number of amidine groups is 1. The number of halogens is 1. The van der Waals surface area contributed by atoms with Gasteiger partial charge < -0.3 is 5.32 Å². The van der Waals surface area contributed by atoms with Crippen molar-refractivity contribution < 1.29 is 4.39 Å². The van der Waals surface area contributed by atoms with Gasteiger partial charge >= 0.3 is 0 Å². The van der Waals surface area contributed by atoms with Crippen molar-refractivity contribution in [1.29, 1.82) is 0 Å². The standard InChI is InChI=1S/C11H13FN2S/c1-2-8-7-15-11(13-8)14-10-6-4-3-5-9(10)12/h3-6,8H,2,7H2,1H3,(H,13,14). The van der Waals surface area contributed by atoms with Gasteiger partial charge in [0.15, 0.2) is 5.17 Å². The molecule has 4 heteroatoms. The summed E-state index contributed by atoms with van der Waals surface area (Å²) in [6.07, 6.45) is 1.04. The molecular weight excluding hydrogens is 211 g/mol. The van der Waals surface area contributed by atoms with Gasteiger partial charge in [-0.05, 0) is 18.6 Å². The fraction of sp³-hybridized carbons (Fsp3) is 0.364. The normalized spacial score (nSPS) is 20.1. The number of hydrogen-bond donors (Lipinski definition) is 1. The molecule has 0 radical (unpaired) electrons. The zero-order chi connectivity index (χ0) is 10.7. The lowest BCUT2D eigenvalue weighted by atomic mass is 10.3. The molecule has 80 valence electrons. The second-order valence-corrected chi connectivity index (χ2v) is 4.42. The first-order valence-corrected chi connectivity index (χ1v) is 6.00. The fourth-order valence-electron chi connectivity index (χ4n) is 1.37. The molecule has 0 aliphatic carbocycles. The van der Waals surface area contributed by atoms with E-state index in [0.717, 1.165) is 17.3 Å². The fourth-order valence-corrected chi connectivity index (χ4v) is 2.44. The Balaban J connectivity index is 2.07. The van der Waals surface area contributed by atoms with Crippen LogP contribution < -0.4 is 5.32 Å². The highest BCUT2D eigenvalue weighted by molar-refractivity contribution is 8.14. The SMILES string of the molecule is CCC1CSC(Nc2ccccc2F)=N1. The summed E-state index contributed by atoms with van der Waals surface area (Å²) in [5.74, 6) is 0.758. The van der Waals surface area contributed by atoms with E-state index in [1.165, 1.54) is 6.07 Å². The minimum atomic E-state index is -0.235. The Kier molecular flexibility index (Phi) is 3.26. The van der Waals surface area contributed by atoms with Crippen molar-refractivity contribution in [2.45, 2.75) is 19.4 Å². The van der Waals surface area contributed by atoms with Crippen LogP contribution in [0.1, 0.15) is 13.3 Å². The van der Waals surface area contributed by atoms with Crippen LogP contribution in [0.2, 0.25) is 0 Å². The van der Waals surface area contributed by atoms with E-state index in [0.29, 0.717) is 11.7 Å². The average molecular weight is 224 g/mol. The molecule has 1 atom stereocenters. The second-order valence-electron chi connectivity index (χ2n) is 3.41. The minimum absolute atomic E-state index is 0.235. The summed E-state index contributed by atoms with van der Waals surface area (Å²) >= 11 is 1.65. The molecular formula is C11H13FN2S. The van der Waals surface area contributed by atoms with E-state index in [-0.39, 0.29) is 5.82 Å². The molecule has 1 aromatic rings. The topological polar surface area (TPSA) is 24.4 Å². The van der Waals surface area contributed by atoms with E-state index in [4.69, 9.17) is 0 Å². The predicted molar refractivity (Wildman–Crippen MR) is 64.0 cm³/mol. The first kappa shape index (κ1) is 10.5. The second kappa shape index (κ2) is 4.66. The van der Waals surface area contributed by atoms with E-state index >= 15 is 0 Å². The van der Waals surface area contributed by atoms with Crippen LogP contribution in [0.3, 0.4) is 0 Å². The lowest BCUT2D eigenvalue weighted by Gasteiger charge is -2.05. The van der Waals surface area contributed by atoms with Gasteiger partial charge in [-0.25, -0.2) is 4.39 Å². The van der Waals surface area contributed by atoms with Gasteiger partial charge in [0.2, 0.25) is 0 Å². The smallest absolute Gasteiger partial charge is 0.161 e. The molecule has 1 aliphatic heterocycles. The summed E-state index contributed by atoms with van der Waals surface area (Å²) < 4.78 is 13.3. The number of nitrogens with zero attached hydrogens (tertiary/aromatic N) is 1. The Hall–Kier alpha value is -1.03. The van der Waals surface area contributed by atoms with Gasteiger partial charge in [-0.15, -0.1) is 0 Å². The molecule has 0 bridgehead atoms. The number of benzene rings is 1. The monoisotopic (exact) mass is 224 g/mol. The van der Waals surface area contributed by atoms with Crippen LogP contribution in [0.25, 0.3) is 0 Å². The van der Waals surface area contributed by atoms with Gasteiger partial charge in [0, 0.05) is 5.75 Å². The van der Waals surface area contributed by atoms with E-state index in [1.807, 2.05) is 6.07 Å². The number of thioether (sulfide) groups is 1. The molecule has 0 spiro atoms. The summed E-state index contributed by atoms with van der Waals surface area (Å²) in [4.78, 5) is 4.44. The molecule has 2 rings (SSSR count). The summed E-state index contributed by atoms with van der Waals surface area (Å²) in [6.45, 7) is 2.11. The Morgan fingerprint density at radius 3 is 3.00 bits per heavy atom. The van der Waals surface area contributed by atoms with Gasteiger partial charge in [-0.1, -0.05) is 30.8 Å². The van der Waals surface area contributed by atoms with E-state index in [1.54, 1.807) is 23.9 Å². The van der Waals surface area contributed by atoms with Crippen LogP contribution in [-0.2, 0) is 0 Å². The Morgan fingerprint density at radius 1 is 1.53 bits per heavy atom. The number of para-hydroxylation sites is 1. The zero-order valence-electron chi connectivity index (χ0n) is 8.53. The largest absolute Gasteiger partial charge is 0.333 e. The third kappa shape index (κ3) is 2.50. The summed E-state index contributed by atoms with van der Waals surface area (Å²) in [6, 6.07) is 7.03. The quantitative estimate of drug-likeness (QED) is 0.834. The van der Waals surface area contributed by atoms with Crippen LogP contribution >= 0.6 is 11.8 Å². The molecule has 0 aromatic heterocycles. The van der Waals surface area contributed by atoms with Gasteiger partial charge in [0.25, 0.3) is 0 Å². The molecule has 1 unspecified atom stereocenters. The summed E-state index contributed by atoms with van der Waals surface area (Å²) in [5, 5.41) is 3.84. The Bertz CT molecular complexity index is 379. The molecule has 0 fully saturated rings. The van der Waals surface area contributed by atoms with Gasteiger partial charge in [-0.3, -0.25) is 4.99 Å². The van der Waals surface area contributed by atoms with Gasteiger partial charge in [0.05, 0.1) is 11.7 Å². The van der Waals surface area contributed by atoms with Crippen molar-refractivity contribution >= 4 is 22.6 Å². The maximum atomic E-state index is 13.3. The minimum Gasteiger partial charge on any atom is -0.333 e. The van der Waals surface area contributed by atoms with E-state index in [9.17, 15) is 4.39 Å². The Morgan fingerprint density at radius 2 is 2.33 bits per heavy atom. The maximum absolute atomic E-state index is 13.3. The lowest BCUT2D eigenvalue weighted by molar-refractivity contribution is 0.632. The molecule has 1 N–H and O–H groups in total. The Labute approximate surface area is 93.0 Å². The predicted octanol–water partition coefficient (Wildman–Crippen LogP) is 3.12. The molecule has 1 heterocycles. The summed E-state index contributed by atoms with van der Waals surface area (Å²) in [7, 11) is 0. The lowest BCUT2D eigenvalue weighted by Crippen LogP contribution is -2.06. The van der Waals surface area contributed by atoms with E-state index < -0.39 is 0 Å². The van der Waals surface area contributed by atoms with Crippen LogP contribution in [0.15, 0.2) is 29.3 Å². The third-order valence-corrected chi connectivity index (χ3v) is 3.33. The molecule has 1 aliphatic rings. The molecule has 0 saturated heterocycles. The molecule has 15 heavy (non-hydrogen) atoms. The highest BCUT2D eigenvalue weighted by atomic mass is 32.2. The summed E-state index contributed by atoms with van der Waals surface area (Å²) in [5.41, 5.74) is 0.500. The average Bonchev–Trinajstić information content (AvgIpc) is 2.69. The first-order chi connectivity index (χ1) is 7.29. The molecule has 0 saturated carbocycles. The number of rotatable bonds is 2. The van der Waals surface area contributed by atoms with Crippen molar-refractivity contribution in [3.05, 3.63) is 30.1 Å². The first-order valence-electron chi connectivity index (χ1n) is 5.01. The van der Waals surface area contributed by atoms with Crippen molar-refractivity contribution in [2.24, 2.45) is 4.99 Å². The molecule has 1 aromatic carbocycles. The zero-order valence-corrected chi connectivity index (χ0v) is 9.35. The highest BCUT2D eigenvalue weighted by Gasteiger charge is 2.16. The van der Waals surface area contributed by atoms with Crippen LogP contribution in [0, 0.1) is 5.82 Å². The van der Waals surface area contributed by atoms with Crippen molar-refractivity contribution in [2.75, 3.05) is 11.1 Å². The number of hydrogen-bond acceptors (Lipinski definition) is 3. The van der Waals surface area contributed by atoms with Crippen LogP contribution in [-0.4, -0.2) is 17.0 Å². The number of nitrogens with one attached hydrogen (secondary N) is 1. The van der Waals surface area contributed by atoms with Crippen molar-refractivity contribution in [1.82, 2.24) is 0 Å². The third-order valence-electron chi connectivity index (χ3n) is 2.30. The van der Waals surface area contributed by atoms with Crippen molar-refractivity contribution in [3.63, 3.8) is 0 Å². The van der Waals surface area contributed by atoms with Crippen LogP contribution in [0.5, 0.6) is 0 Å². The number of aliphatic imine (C=N–C) groups is 1.